The molecule has 0 aliphatic carbocycles. The van der Waals surface area contributed by atoms with Crippen LogP contribution in [0.5, 0.6) is 0 Å². The molecule has 0 aromatic rings. The van der Waals surface area contributed by atoms with Crippen molar-refractivity contribution in [2.75, 3.05) is 19.6 Å². The van der Waals surface area contributed by atoms with Crippen LogP contribution >= 0.6 is 0 Å². The number of nitrogens with two attached hydrogens (primary N) is 1. The fourth-order valence-electron chi connectivity index (χ4n) is 1.41. The standard InChI is InChI=1S/C10H19N3/c1-3-7-13(11)8-10-9(2)5-4-6-12-10/h4-5,12H,3,6-8,11H2,1-2H3. The number of nitrogens with one attached hydrogen (secondary N) is 1. The summed E-state index contributed by atoms with van der Waals surface area (Å²) in [5, 5.41) is 5.18. The van der Waals surface area contributed by atoms with Crippen LogP contribution in [0.2, 0.25) is 0 Å². The fourth-order valence-corrected chi connectivity index (χ4v) is 1.41. The van der Waals surface area contributed by atoms with Gasteiger partial charge in [0.2, 0.25) is 0 Å². The lowest BCUT2D eigenvalue weighted by Gasteiger charge is -2.21. The zero-order valence-corrected chi connectivity index (χ0v) is 8.51. The molecule has 0 fully saturated rings. The smallest absolute Gasteiger partial charge is 0.0529 e. The SMILES string of the molecule is CCCN(N)CC1=C(C)C=CCN1. The average Bonchev–Trinajstić information content (AvgIpc) is 2.09. The number of nitrogens with zero attached hydrogens (tertiary/aromatic N) is 1. The summed E-state index contributed by atoms with van der Waals surface area (Å²) in [6.45, 7) is 6.94. The van der Waals surface area contributed by atoms with Gasteiger partial charge in [0, 0.05) is 18.8 Å². The molecule has 0 atom stereocenters. The Morgan fingerprint density at radius 3 is 3.00 bits per heavy atom. The van der Waals surface area contributed by atoms with Crippen molar-refractivity contribution in [2.45, 2.75) is 20.3 Å². The van der Waals surface area contributed by atoms with E-state index >= 15 is 0 Å². The Kier molecular flexibility index (Phi) is 3.99. The maximum absolute atomic E-state index is 5.81. The van der Waals surface area contributed by atoms with Gasteiger partial charge in [0.1, 0.15) is 0 Å². The highest BCUT2D eigenvalue weighted by Gasteiger charge is 2.06. The van der Waals surface area contributed by atoms with Gasteiger partial charge in [0.25, 0.3) is 0 Å². The van der Waals surface area contributed by atoms with Crippen LogP contribution in [-0.2, 0) is 0 Å². The van der Waals surface area contributed by atoms with Crippen molar-refractivity contribution in [3.05, 3.63) is 23.4 Å². The van der Waals surface area contributed by atoms with Crippen molar-refractivity contribution in [3.8, 4) is 0 Å². The van der Waals surface area contributed by atoms with Crippen LogP contribution in [0.4, 0.5) is 0 Å². The van der Waals surface area contributed by atoms with E-state index < -0.39 is 0 Å². The van der Waals surface area contributed by atoms with Gasteiger partial charge < -0.3 is 5.32 Å². The minimum absolute atomic E-state index is 0.823. The predicted molar refractivity (Wildman–Crippen MR) is 55.9 cm³/mol. The minimum atomic E-state index is 0.823. The third-order valence-corrected chi connectivity index (χ3v) is 2.15. The molecule has 0 saturated carbocycles. The molecule has 0 aromatic heterocycles. The highest BCUT2D eigenvalue weighted by atomic mass is 15.4. The summed E-state index contributed by atoms with van der Waals surface area (Å²) in [6, 6.07) is 0. The van der Waals surface area contributed by atoms with E-state index in [4.69, 9.17) is 5.84 Å². The fraction of sp³-hybridized carbons (Fsp3) is 0.600. The molecule has 3 nitrogen and oxygen atoms in total. The number of hydrogen-bond donors (Lipinski definition) is 2. The highest BCUT2D eigenvalue weighted by Crippen LogP contribution is 2.07. The molecular weight excluding hydrogens is 162 g/mol. The molecule has 0 bridgehead atoms. The molecule has 3 heteroatoms. The number of hydrogen-bond acceptors (Lipinski definition) is 3. The van der Waals surface area contributed by atoms with Gasteiger partial charge in [-0.25, -0.2) is 5.01 Å². The van der Waals surface area contributed by atoms with E-state index in [1.807, 2.05) is 5.01 Å². The molecule has 0 saturated heterocycles. The van der Waals surface area contributed by atoms with E-state index in [-0.39, 0.29) is 0 Å². The highest BCUT2D eigenvalue weighted by molar-refractivity contribution is 5.27. The van der Waals surface area contributed by atoms with E-state index in [1.54, 1.807) is 0 Å². The molecule has 0 unspecified atom stereocenters. The normalized spacial score (nSPS) is 16.6. The molecular formula is C10H19N3. The Bertz CT molecular complexity index is 218. The first-order valence-electron chi connectivity index (χ1n) is 4.84. The number of hydrazine groups is 1. The summed E-state index contributed by atoms with van der Waals surface area (Å²) < 4.78 is 0. The van der Waals surface area contributed by atoms with Crippen LogP contribution in [0.1, 0.15) is 20.3 Å². The molecule has 0 spiro atoms. The van der Waals surface area contributed by atoms with Crippen LogP contribution in [0.15, 0.2) is 23.4 Å². The van der Waals surface area contributed by atoms with E-state index in [2.05, 4.69) is 31.3 Å². The first-order chi connectivity index (χ1) is 6.24. The maximum Gasteiger partial charge on any atom is 0.0529 e. The molecule has 0 aromatic carbocycles. The third kappa shape index (κ3) is 3.20. The summed E-state index contributed by atoms with van der Waals surface area (Å²) in [7, 11) is 0. The minimum Gasteiger partial charge on any atom is -0.384 e. The topological polar surface area (TPSA) is 41.3 Å². The second kappa shape index (κ2) is 5.04. The molecule has 1 rings (SSSR count). The molecule has 0 amide bonds. The van der Waals surface area contributed by atoms with Gasteiger partial charge in [-0.05, 0) is 18.9 Å². The summed E-state index contributed by atoms with van der Waals surface area (Å²) in [5.41, 5.74) is 2.54. The van der Waals surface area contributed by atoms with Gasteiger partial charge in [0.15, 0.2) is 0 Å². The Balaban J connectivity index is 2.47. The Labute approximate surface area is 80.3 Å². The molecule has 1 aliphatic heterocycles. The van der Waals surface area contributed by atoms with Crippen LogP contribution in [0, 0.1) is 0 Å². The van der Waals surface area contributed by atoms with Crippen molar-refractivity contribution < 1.29 is 0 Å². The largest absolute Gasteiger partial charge is 0.384 e. The van der Waals surface area contributed by atoms with Crippen molar-refractivity contribution in [2.24, 2.45) is 5.84 Å². The lowest BCUT2D eigenvalue weighted by Crippen LogP contribution is -2.37. The zero-order chi connectivity index (χ0) is 9.68. The molecule has 74 valence electrons. The molecule has 13 heavy (non-hydrogen) atoms. The van der Waals surface area contributed by atoms with Crippen molar-refractivity contribution in [3.63, 3.8) is 0 Å². The van der Waals surface area contributed by atoms with E-state index in [9.17, 15) is 0 Å². The lowest BCUT2D eigenvalue weighted by atomic mass is 10.1. The maximum atomic E-state index is 5.81. The monoisotopic (exact) mass is 181 g/mol. The van der Waals surface area contributed by atoms with Gasteiger partial charge >= 0.3 is 0 Å². The molecule has 1 heterocycles. The van der Waals surface area contributed by atoms with Gasteiger partial charge in [-0.15, -0.1) is 0 Å². The van der Waals surface area contributed by atoms with Crippen molar-refractivity contribution >= 4 is 0 Å². The molecule has 1 aliphatic rings. The quantitative estimate of drug-likeness (QED) is 0.502. The molecule has 3 N–H and O–H groups in total. The summed E-state index contributed by atoms with van der Waals surface area (Å²) in [4.78, 5) is 0. The van der Waals surface area contributed by atoms with Gasteiger partial charge in [0.05, 0.1) is 6.54 Å². The third-order valence-electron chi connectivity index (χ3n) is 2.15. The number of rotatable bonds is 4. The van der Waals surface area contributed by atoms with Gasteiger partial charge in [-0.1, -0.05) is 19.1 Å². The van der Waals surface area contributed by atoms with Crippen molar-refractivity contribution in [1.29, 1.82) is 0 Å². The number of dihydropyridines is 1. The predicted octanol–water partition coefficient (Wildman–Crippen LogP) is 1.01. The van der Waals surface area contributed by atoms with Gasteiger partial charge in [-0.3, -0.25) is 5.84 Å². The van der Waals surface area contributed by atoms with Crippen LogP contribution in [0.3, 0.4) is 0 Å². The number of allylic oxidation sites excluding steroid dienone is 2. The first kappa shape index (κ1) is 10.3. The van der Waals surface area contributed by atoms with Gasteiger partial charge in [-0.2, -0.15) is 0 Å². The average molecular weight is 181 g/mol. The van der Waals surface area contributed by atoms with Crippen molar-refractivity contribution in [1.82, 2.24) is 10.3 Å². The van der Waals surface area contributed by atoms with Crippen LogP contribution in [-0.4, -0.2) is 24.6 Å². The van der Waals surface area contributed by atoms with E-state index in [0.29, 0.717) is 0 Å². The summed E-state index contributed by atoms with van der Waals surface area (Å²) in [5.74, 6) is 5.81. The summed E-state index contributed by atoms with van der Waals surface area (Å²) in [6.07, 6.45) is 5.36. The second-order valence-corrected chi connectivity index (χ2v) is 3.42. The Hall–Kier alpha value is -0.800. The van der Waals surface area contributed by atoms with Crippen LogP contribution < -0.4 is 11.2 Å². The van der Waals surface area contributed by atoms with E-state index in [1.165, 1.54) is 11.3 Å². The van der Waals surface area contributed by atoms with Crippen LogP contribution in [0.25, 0.3) is 0 Å². The zero-order valence-electron chi connectivity index (χ0n) is 8.51. The van der Waals surface area contributed by atoms with E-state index in [0.717, 1.165) is 26.1 Å². The first-order valence-corrected chi connectivity index (χ1v) is 4.84. The molecule has 0 radical (unpaired) electrons. The second-order valence-electron chi connectivity index (χ2n) is 3.42. The Morgan fingerprint density at radius 1 is 1.62 bits per heavy atom. The summed E-state index contributed by atoms with van der Waals surface area (Å²) >= 11 is 0. The Morgan fingerprint density at radius 2 is 2.38 bits per heavy atom. The lowest BCUT2D eigenvalue weighted by molar-refractivity contribution is 0.302.